The number of hydrogen-bond donors (Lipinski definition) is 1. The molecule has 1 rings (SSSR count). The highest BCUT2D eigenvalue weighted by atomic mass is 16.5. The lowest BCUT2D eigenvalue weighted by Crippen LogP contribution is -2.27. The normalized spacial score (nSPS) is 11.5. The van der Waals surface area contributed by atoms with Gasteiger partial charge in [0.15, 0.2) is 0 Å². The molecule has 1 aromatic heterocycles. The van der Waals surface area contributed by atoms with Crippen molar-refractivity contribution in [3.05, 3.63) is 11.3 Å². The molecule has 1 N–H and O–H groups in total. The van der Waals surface area contributed by atoms with E-state index in [-0.39, 0.29) is 5.91 Å². The standard InChI is InChI=1S/C10H16N2O2/c1-6-7(2)12-14-8(6)11-9(13)10(3,4)5/h1-5H3,(H,11,13). The number of carbonyl (C=O) groups is 1. The van der Waals surface area contributed by atoms with Gasteiger partial charge in [-0.05, 0) is 13.8 Å². The molecular weight excluding hydrogens is 180 g/mol. The predicted molar refractivity (Wildman–Crippen MR) is 54.1 cm³/mol. The van der Waals surface area contributed by atoms with Crippen LogP contribution in [0.2, 0.25) is 0 Å². The Kier molecular flexibility index (Phi) is 2.64. The van der Waals surface area contributed by atoms with Gasteiger partial charge in [-0.2, -0.15) is 0 Å². The van der Waals surface area contributed by atoms with E-state index in [2.05, 4.69) is 10.5 Å². The number of rotatable bonds is 1. The number of nitrogens with zero attached hydrogens (tertiary/aromatic N) is 1. The minimum atomic E-state index is -0.423. The molecule has 14 heavy (non-hydrogen) atoms. The number of aromatic nitrogens is 1. The molecule has 0 aliphatic carbocycles. The molecule has 4 heteroatoms. The Morgan fingerprint density at radius 1 is 1.36 bits per heavy atom. The predicted octanol–water partition coefficient (Wildman–Crippen LogP) is 2.28. The molecule has 0 unspecified atom stereocenters. The monoisotopic (exact) mass is 196 g/mol. The molecule has 0 atom stereocenters. The van der Waals surface area contributed by atoms with Gasteiger partial charge in [-0.25, -0.2) is 0 Å². The van der Waals surface area contributed by atoms with E-state index in [0.29, 0.717) is 5.88 Å². The molecule has 0 spiro atoms. The van der Waals surface area contributed by atoms with Crippen LogP contribution in [0, 0.1) is 19.3 Å². The summed E-state index contributed by atoms with van der Waals surface area (Å²) in [7, 11) is 0. The van der Waals surface area contributed by atoms with Gasteiger partial charge >= 0.3 is 0 Å². The molecular formula is C10H16N2O2. The number of hydrogen-bond acceptors (Lipinski definition) is 3. The van der Waals surface area contributed by atoms with Gasteiger partial charge in [-0.15, -0.1) is 0 Å². The second-order valence-electron chi connectivity index (χ2n) is 4.43. The Morgan fingerprint density at radius 3 is 2.29 bits per heavy atom. The summed E-state index contributed by atoms with van der Waals surface area (Å²) in [5, 5.41) is 6.46. The summed E-state index contributed by atoms with van der Waals surface area (Å²) in [5.41, 5.74) is 1.25. The van der Waals surface area contributed by atoms with Crippen LogP contribution in [-0.4, -0.2) is 11.1 Å². The maximum Gasteiger partial charge on any atom is 0.234 e. The van der Waals surface area contributed by atoms with Crippen molar-refractivity contribution in [3.63, 3.8) is 0 Å². The number of amides is 1. The first-order chi connectivity index (χ1) is 6.32. The average molecular weight is 196 g/mol. The molecule has 0 fully saturated rings. The fraction of sp³-hybridized carbons (Fsp3) is 0.600. The van der Waals surface area contributed by atoms with Crippen molar-refractivity contribution in [2.45, 2.75) is 34.6 Å². The van der Waals surface area contributed by atoms with Crippen LogP contribution in [0.15, 0.2) is 4.52 Å². The second kappa shape index (κ2) is 3.44. The highest BCUT2D eigenvalue weighted by molar-refractivity contribution is 5.93. The van der Waals surface area contributed by atoms with Crippen LogP contribution in [0.4, 0.5) is 5.88 Å². The summed E-state index contributed by atoms with van der Waals surface area (Å²) in [4.78, 5) is 11.6. The smallest absolute Gasteiger partial charge is 0.234 e. The zero-order valence-electron chi connectivity index (χ0n) is 9.26. The van der Waals surface area contributed by atoms with Crippen molar-refractivity contribution in [2.75, 3.05) is 5.32 Å². The van der Waals surface area contributed by atoms with Crippen molar-refractivity contribution in [2.24, 2.45) is 5.41 Å². The van der Waals surface area contributed by atoms with Crippen LogP contribution >= 0.6 is 0 Å². The summed E-state index contributed by atoms with van der Waals surface area (Å²) in [6.45, 7) is 9.25. The van der Waals surface area contributed by atoms with Gasteiger partial charge in [-0.3, -0.25) is 10.1 Å². The summed E-state index contributed by atoms with van der Waals surface area (Å²) >= 11 is 0. The Bertz CT molecular complexity index is 347. The quantitative estimate of drug-likeness (QED) is 0.749. The Balaban J connectivity index is 2.80. The molecule has 1 aromatic rings. The van der Waals surface area contributed by atoms with Gasteiger partial charge in [0.05, 0.1) is 5.69 Å². The zero-order valence-corrected chi connectivity index (χ0v) is 9.26. The van der Waals surface area contributed by atoms with Gasteiger partial charge in [0.1, 0.15) is 0 Å². The highest BCUT2D eigenvalue weighted by Gasteiger charge is 2.23. The lowest BCUT2D eigenvalue weighted by Gasteiger charge is -2.16. The van der Waals surface area contributed by atoms with E-state index in [9.17, 15) is 4.79 Å². The molecule has 0 radical (unpaired) electrons. The lowest BCUT2D eigenvalue weighted by molar-refractivity contribution is -0.123. The van der Waals surface area contributed by atoms with E-state index in [0.717, 1.165) is 11.3 Å². The Hall–Kier alpha value is -1.32. The first-order valence-electron chi connectivity index (χ1n) is 4.56. The summed E-state index contributed by atoms with van der Waals surface area (Å²) in [6.07, 6.45) is 0. The lowest BCUT2D eigenvalue weighted by atomic mass is 9.96. The SMILES string of the molecule is Cc1noc(NC(=O)C(C)(C)C)c1C. The van der Waals surface area contributed by atoms with Crippen LogP contribution in [0.5, 0.6) is 0 Å². The van der Waals surface area contributed by atoms with Crippen molar-refractivity contribution in [3.8, 4) is 0 Å². The van der Waals surface area contributed by atoms with Gasteiger partial charge in [-0.1, -0.05) is 25.9 Å². The molecule has 0 saturated heterocycles. The Labute approximate surface area is 83.7 Å². The average Bonchev–Trinajstić information content (AvgIpc) is 2.34. The van der Waals surface area contributed by atoms with Crippen molar-refractivity contribution >= 4 is 11.8 Å². The van der Waals surface area contributed by atoms with Crippen LogP contribution in [-0.2, 0) is 4.79 Å². The Morgan fingerprint density at radius 2 is 1.93 bits per heavy atom. The first kappa shape index (κ1) is 10.8. The molecule has 1 heterocycles. The topological polar surface area (TPSA) is 55.1 Å². The minimum absolute atomic E-state index is 0.0725. The summed E-state index contributed by atoms with van der Waals surface area (Å²) < 4.78 is 4.98. The maximum absolute atomic E-state index is 11.6. The number of carbonyl (C=O) groups excluding carboxylic acids is 1. The van der Waals surface area contributed by atoms with Crippen molar-refractivity contribution in [1.29, 1.82) is 0 Å². The summed E-state index contributed by atoms with van der Waals surface area (Å²) in [6, 6.07) is 0. The van der Waals surface area contributed by atoms with Gasteiger partial charge < -0.3 is 4.52 Å². The van der Waals surface area contributed by atoms with E-state index in [1.54, 1.807) is 0 Å². The number of nitrogens with one attached hydrogen (secondary N) is 1. The van der Waals surface area contributed by atoms with E-state index < -0.39 is 5.41 Å². The van der Waals surface area contributed by atoms with Crippen molar-refractivity contribution in [1.82, 2.24) is 5.16 Å². The van der Waals surface area contributed by atoms with Gasteiger partial charge in [0.2, 0.25) is 11.8 Å². The number of anilines is 1. The largest absolute Gasteiger partial charge is 0.338 e. The van der Waals surface area contributed by atoms with Gasteiger partial charge in [0, 0.05) is 11.0 Å². The number of aryl methyl sites for hydroxylation is 1. The van der Waals surface area contributed by atoms with Crippen LogP contribution < -0.4 is 5.32 Å². The molecule has 0 aliphatic rings. The molecule has 0 saturated carbocycles. The molecule has 4 nitrogen and oxygen atoms in total. The van der Waals surface area contributed by atoms with Crippen molar-refractivity contribution < 1.29 is 9.32 Å². The van der Waals surface area contributed by atoms with E-state index in [1.807, 2.05) is 34.6 Å². The highest BCUT2D eigenvalue weighted by Crippen LogP contribution is 2.21. The fourth-order valence-electron chi connectivity index (χ4n) is 0.823. The van der Waals surface area contributed by atoms with Crippen LogP contribution in [0.3, 0.4) is 0 Å². The van der Waals surface area contributed by atoms with Crippen LogP contribution in [0.25, 0.3) is 0 Å². The van der Waals surface area contributed by atoms with E-state index in [4.69, 9.17) is 4.52 Å². The first-order valence-corrected chi connectivity index (χ1v) is 4.56. The molecule has 1 amide bonds. The third kappa shape index (κ3) is 2.13. The van der Waals surface area contributed by atoms with Crippen LogP contribution in [0.1, 0.15) is 32.0 Å². The molecule has 0 bridgehead atoms. The molecule has 0 aliphatic heterocycles. The third-order valence-corrected chi connectivity index (χ3v) is 2.07. The van der Waals surface area contributed by atoms with E-state index in [1.165, 1.54) is 0 Å². The minimum Gasteiger partial charge on any atom is -0.338 e. The molecule has 78 valence electrons. The fourth-order valence-corrected chi connectivity index (χ4v) is 0.823. The molecule has 0 aromatic carbocycles. The van der Waals surface area contributed by atoms with E-state index >= 15 is 0 Å². The summed E-state index contributed by atoms with van der Waals surface area (Å²) in [5.74, 6) is 0.374. The van der Waals surface area contributed by atoms with Gasteiger partial charge in [0.25, 0.3) is 0 Å². The zero-order chi connectivity index (χ0) is 10.9. The second-order valence-corrected chi connectivity index (χ2v) is 4.43. The third-order valence-electron chi connectivity index (χ3n) is 2.07. The maximum atomic E-state index is 11.6.